The third kappa shape index (κ3) is 8.13. The number of hydrogen-bond acceptors (Lipinski definition) is 16. The highest BCUT2D eigenvalue weighted by atomic mass is 16.8. The quantitative estimate of drug-likeness (QED) is 0.148. The van der Waals surface area contributed by atoms with Gasteiger partial charge in [-0.05, 0) is 49.4 Å². The fourth-order valence-electron chi connectivity index (χ4n) is 9.49. The summed E-state index contributed by atoms with van der Waals surface area (Å²) >= 11 is 0. The number of ether oxygens (including phenoxy) is 6. The normalized spacial score (nSPS) is 34.6. The van der Waals surface area contributed by atoms with Gasteiger partial charge in [-0.25, -0.2) is 0 Å². The van der Waals surface area contributed by atoms with Gasteiger partial charge in [0.2, 0.25) is 5.91 Å². The molecule has 1 saturated carbocycles. The molecular formula is C43H54N2O15. The van der Waals surface area contributed by atoms with Crippen LogP contribution in [0, 0.1) is 5.41 Å². The summed E-state index contributed by atoms with van der Waals surface area (Å²) in [6.45, 7) is 4.27. The van der Waals surface area contributed by atoms with E-state index in [0.29, 0.717) is 12.8 Å². The zero-order valence-electron chi connectivity index (χ0n) is 33.8. The number of hydrogen-bond donors (Lipinski definition) is 6. The summed E-state index contributed by atoms with van der Waals surface area (Å²) in [6.07, 6.45) is -5.78. The fourth-order valence-corrected chi connectivity index (χ4v) is 9.49. The first-order chi connectivity index (χ1) is 28.6. The average molecular weight is 839 g/mol. The van der Waals surface area contributed by atoms with Crippen LogP contribution >= 0.6 is 0 Å². The van der Waals surface area contributed by atoms with Gasteiger partial charge in [0.1, 0.15) is 59.8 Å². The molecule has 2 bridgehead atoms. The number of carbonyl (C=O) groups excluding carboxylic acids is 3. The lowest BCUT2D eigenvalue weighted by atomic mass is 9.62. The van der Waals surface area contributed by atoms with Crippen molar-refractivity contribution in [3.8, 4) is 0 Å². The first-order valence-electron chi connectivity index (χ1n) is 20.5. The van der Waals surface area contributed by atoms with Crippen LogP contribution < -0.4 is 5.32 Å². The lowest BCUT2D eigenvalue weighted by Gasteiger charge is -2.49. The van der Waals surface area contributed by atoms with E-state index in [2.05, 4.69) is 5.32 Å². The Labute approximate surface area is 347 Å². The number of aliphatic hydroxyl groups excluding tert-OH is 5. The van der Waals surface area contributed by atoms with Gasteiger partial charge in [-0.15, -0.1) is 0 Å². The summed E-state index contributed by atoms with van der Waals surface area (Å²) < 4.78 is 36.1. The second kappa shape index (κ2) is 16.8. The highest BCUT2D eigenvalue weighted by Gasteiger charge is 2.76. The van der Waals surface area contributed by atoms with Crippen LogP contribution in [0.4, 0.5) is 0 Å². The number of benzene rings is 2. The molecule has 12 unspecified atom stereocenters. The average Bonchev–Trinajstić information content (AvgIpc) is 3.88. The Hall–Kier alpha value is -3.85. The van der Waals surface area contributed by atoms with Crippen molar-refractivity contribution in [1.29, 1.82) is 0 Å². The molecule has 1 amide bonds. The monoisotopic (exact) mass is 838 g/mol. The van der Waals surface area contributed by atoms with Crippen LogP contribution in [0.5, 0.6) is 0 Å². The minimum absolute atomic E-state index is 0.0413. The highest BCUT2D eigenvalue weighted by Crippen LogP contribution is 2.58. The number of aliphatic hydroxyl groups is 5. The van der Waals surface area contributed by atoms with E-state index in [-0.39, 0.29) is 32.4 Å². The molecule has 6 N–H and O–H groups in total. The Bertz CT molecular complexity index is 1930. The van der Waals surface area contributed by atoms with Gasteiger partial charge in [-0.3, -0.25) is 19.2 Å². The van der Waals surface area contributed by atoms with Gasteiger partial charge in [-0.1, -0.05) is 60.7 Å². The Kier molecular flexibility index (Phi) is 12.0. The number of rotatable bonds is 13. The van der Waals surface area contributed by atoms with Crippen LogP contribution in [-0.4, -0.2) is 147 Å². The van der Waals surface area contributed by atoms with Crippen molar-refractivity contribution >= 4 is 23.9 Å². The van der Waals surface area contributed by atoms with Gasteiger partial charge < -0.3 is 59.3 Å². The standard InChI is InChI=1S/C43H54N2O15/c1-41(2,3)57-30(48)14-13-27(21-46)44-40(53)43-19-28-34-35(59-42(58-34)17-25-11-4-5-12-26(25)18-42)37(43)60-45(36(43)38(52)55-28)20-24-9-6-8-23(16-24)10-7-15-54-39-33(51)32(50)31(49)29(22-47)56-39/h4-12,16,27-29,31-37,39,46-47,49-51H,13-15,17-22H2,1-3H3,(H,44,53). The van der Waals surface area contributed by atoms with Gasteiger partial charge in [0.15, 0.2) is 18.1 Å². The number of nitrogens with one attached hydrogen (secondary N) is 1. The Balaban J connectivity index is 1.02. The van der Waals surface area contributed by atoms with Crippen molar-refractivity contribution < 1.29 is 73.2 Å². The summed E-state index contributed by atoms with van der Waals surface area (Å²) in [5, 5.41) is 54.7. The summed E-state index contributed by atoms with van der Waals surface area (Å²) in [7, 11) is 0. The fraction of sp³-hybridized carbons (Fsp3) is 0.605. The van der Waals surface area contributed by atoms with Crippen molar-refractivity contribution in [3.05, 3.63) is 76.9 Å². The van der Waals surface area contributed by atoms with Crippen molar-refractivity contribution in [3.63, 3.8) is 0 Å². The summed E-state index contributed by atoms with van der Waals surface area (Å²) in [4.78, 5) is 48.3. The molecule has 0 radical (unpaired) electrons. The third-order valence-electron chi connectivity index (χ3n) is 12.2. The molecule has 4 saturated heterocycles. The molecule has 326 valence electrons. The first kappa shape index (κ1) is 42.8. The minimum Gasteiger partial charge on any atom is -0.460 e. The van der Waals surface area contributed by atoms with Crippen molar-refractivity contribution in [2.24, 2.45) is 5.41 Å². The molecule has 17 nitrogen and oxygen atoms in total. The smallest absolute Gasteiger partial charge is 0.327 e. The molecule has 4 aliphatic heterocycles. The van der Waals surface area contributed by atoms with E-state index in [1.807, 2.05) is 48.5 Å². The molecule has 2 aromatic rings. The molecule has 8 rings (SSSR count). The van der Waals surface area contributed by atoms with Crippen LogP contribution in [-0.2, 0) is 67.0 Å². The Morgan fingerprint density at radius 3 is 2.43 bits per heavy atom. The third-order valence-corrected chi connectivity index (χ3v) is 12.2. The Morgan fingerprint density at radius 1 is 1.00 bits per heavy atom. The van der Waals surface area contributed by atoms with Gasteiger partial charge in [0.05, 0.1) is 32.4 Å². The zero-order chi connectivity index (χ0) is 42.6. The molecule has 2 aliphatic carbocycles. The second-order valence-corrected chi connectivity index (χ2v) is 17.6. The van der Waals surface area contributed by atoms with Crippen molar-refractivity contribution in [1.82, 2.24) is 10.4 Å². The van der Waals surface area contributed by atoms with Gasteiger partial charge in [0, 0.05) is 25.7 Å². The molecule has 60 heavy (non-hydrogen) atoms. The predicted molar refractivity (Wildman–Crippen MR) is 207 cm³/mol. The van der Waals surface area contributed by atoms with E-state index in [0.717, 1.165) is 22.3 Å². The molecule has 1 spiro atoms. The number of nitrogens with zero attached hydrogens (tertiary/aromatic N) is 1. The number of amides is 1. The number of esters is 2. The number of carbonyl (C=O) groups is 3. The molecule has 6 aliphatic rings. The topological polar surface area (TPSA) is 232 Å². The van der Waals surface area contributed by atoms with Gasteiger partial charge in [0.25, 0.3) is 0 Å². The molecule has 0 aromatic heterocycles. The molecular weight excluding hydrogens is 784 g/mol. The van der Waals surface area contributed by atoms with E-state index in [1.54, 1.807) is 32.9 Å². The molecule has 5 fully saturated rings. The maximum Gasteiger partial charge on any atom is 0.327 e. The first-order valence-corrected chi connectivity index (χ1v) is 20.5. The lowest BCUT2D eigenvalue weighted by Crippen LogP contribution is -2.70. The summed E-state index contributed by atoms with van der Waals surface area (Å²) in [6, 6.07) is 13.3. The molecule has 4 heterocycles. The molecule has 17 heteroatoms. The zero-order valence-corrected chi connectivity index (χ0v) is 33.8. The largest absolute Gasteiger partial charge is 0.460 e. The van der Waals surface area contributed by atoms with E-state index in [4.69, 9.17) is 33.3 Å². The van der Waals surface area contributed by atoms with Crippen molar-refractivity contribution in [2.45, 2.75) is 138 Å². The summed E-state index contributed by atoms with van der Waals surface area (Å²) in [5.41, 5.74) is 1.42. The van der Waals surface area contributed by atoms with Crippen LogP contribution in [0.15, 0.2) is 54.6 Å². The van der Waals surface area contributed by atoms with Crippen molar-refractivity contribution in [2.75, 3.05) is 19.8 Å². The lowest BCUT2D eigenvalue weighted by molar-refractivity contribution is -0.298. The number of hydroxylamine groups is 2. The van der Waals surface area contributed by atoms with E-state index < -0.39 is 115 Å². The van der Waals surface area contributed by atoms with Crippen LogP contribution in [0.1, 0.15) is 62.3 Å². The SMILES string of the molecule is CC(C)(C)OC(=O)CCC(CO)NC(=O)C12CC3OC(=O)C1N(Cc1cccc(C=CCOC4OC(CO)C(O)C(O)C4O)c1)OC2C1OC2(Cc4ccccc4C2)OC31. The van der Waals surface area contributed by atoms with E-state index in [1.165, 1.54) is 5.06 Å². The van der Waals surface area contributed by atoms with E-state index in [9.17, 15) is 39.9 Å². The molecule has 2 aromatic carbocycles. The van der Waals surface area contributed by atoms with Gasteiger partial charge >= 0.3 is 11.9 Å². The number of fused-ring (bicyclic) bond motifs is 5. The van der Waals surface area contributed by atoms with Crippen LogP contribution in [0.2, 0.25) is 0 Å². The molecule has 12 atom stereocenters. The van der Waals surface area contributed by atoms with E-state index >= 15 is 0 Å². The van der Waals surface area contributed by atoms with Crippen LogP contribution in [0.25, 0.3) is 6.08 Å². The Morgan fingerprint density at radius 2 is 1.73 bits per heavy atom. The maximum atomic E-state index is 14.8. The summed E-state index contributed by atoms with van der Waals surface area (Å²) in [5.74, 6) is -2.69. The predicted octanol–water partition coefficient (Wildman–Crippen LogP) is 0.194. The van der Waals surface area contributed by atoms with Crippen LogP contribution in [0.3, 0.4) is 0 Å². The minimum atomic E-state index is -1.56. The second-order valence-electron chi connectivity index (χ2n) is 17.6. The highest BCUT2D eigenvalue weighted by molar-refractivity contribution is 5.94. The van der Waals surface area contributed by atoms with Gasteiger partial charge in [-0.2, -0.15) is 5.06 Å². The maximum absolute atomic E-state index is 14.8.